The molecule has 8 rings (SSSR count). The Bertz CT molecular complexity index is 2150. The normalized spacial score (nSPS) is 16.2. The van der Waals surface area contributed by atoms with E-state index in [9.17, 15) is 4.39 Å². The molecule has 45 heavy (non-hydrogen) atoms. The maximum atomic E-state index is 14.2. The summed E-state index contributed by atoms with van der Waals surface area (Å²) in [4.78, 5) is 0. The van der Waals surface area contributed by atoms with E-state index in [1.165, 1.54) is 78.9 Å². The molecule has 0 spiro atoms. The highest BCUT2D eigenvalue weighted by Crippen LogP contribution is 2.51. The van der Waals surface area contributed by atoms with Crippen LogP contribution in [0.5, 0.6) is 0 Å². The van der Waals surface area contributed by atoms with Gasteiger partial charge in [-0.1, -0.05) is 124 Å². The highest BCUT2D eigenvalue weighted by atomic mass is 19.1. The Kier molecular flexibility index (Phi) is 6.61. The SMILES string of the molecule is CC(C)(C)c1ccc(-c2ccc3c(C4=Cc5ccccc5C5CCCC=C45)c4ccccc4c(-c4ccc(F)cc4)c3c2)cc1. The number of hydrogen-bond acceptors (Lipinski definition) is 0. The number of hydrogen-bond donors (Lipinski definition) is 0. The fraction of sp³-hybridized carbons (Fsp3) is 0.182. The van der Waals surface area contributed by atoms with Crippen molar-refractivity contribution in [2.24, 2.45) is 0 Å². The van der Waals surface area contributed by atoms with Gasteiger partial charge in [-0.05, 0) is 126 Å². The molecule has 0 saturated carbocycles. The van der Waals surface area contributed by atoms with Crippen molar-refractivity contribution in [1.82, 2.24) is 0 Å². The van der Waals surface area contributed by atoms with Gasteiger partial charge in [0.25, 0.3) is 0 Å². The van der Waals surface area contributed by atoms with Gasteiger partial charge in [0.05, 0.1) is 0 Å². The Hall–Kier alpha value is -4.75. The third kappa shape index (κ3) is 4.73. The van der Waals surface area contributed by atoms with Gasteiger partial charge in [-0.2, -0.15) is 0 Å². The number of rotatable bonds is 3. The smallest absolute Gasteiger partial charge is 0.123 e. The van der Waals surface area contributed by atoms with Crippen LogP contribution in [0.25, 0.3) is 55.4 Å². The predicted molar refractivity (Wildman–Crippen MR) is 190 cm³/mol. The molecule has 0 bridgehead atoms. The first-order valence-electron chi connectivity index (χ1n) is 16.2. The lowest BCUT2D eigenvalue weighted by molar-refractivity contribution is 0.590. The summed E-state index contributed by atoms with van der Waals surface area (Å²) in [6.07, 6.45) is 8.44. The van der Waals surface area contributed by atoms with E-state index in [0.717, 1.165) is 17.5 Å². The first kappa shape index (κ1) is 27.8. The van der Waals surface area contributed by atoms with E-state index < -0.39 is 0 Å². The van der Waals surface area contributed by atoms with Gasteiger partial charge < -0.3 is 0 Å². The number of halogens is 1. The van der Waals surface area contributed by atoms with E-state index in [1.54, 1.807) is 12.1 Å². The molecule has 2 aliphatic carbocycles. The largest absolute Gasteiger partial charge is 0.207 e. The zero-order valence-electron chi connectivity index (χ0n) is 26.2. The maximum absolute atomic E-state index is 14.2. The zero-order chi connectivity index (χ0) is 30.7. The predicted octanol–water partition coefficient (Wildman–Crippen LogP) is 12.5. The van der Waals surface area contributed by atoms with Crippen LogP contribution < -0.4 is 0 Å². The summed E-state index contributed by atoms with van der Waals surface area (Å²) in [5, 5.41) is 4.86. The van der Waals surface area contributed by atoms with Crippen LogP contribution in [-0.2, 0) is 5.41 Å². The summed E-state index contributed by atoms with van der Waals surface area (Å²) < 4.78 is 14.2. The molecule has 1 heteroatoms. The van der Waals surface area contributed by atoms with E-state index in [4.69, 9.17) is 0 Å². The lowest BCUT2D eigenvalue weighted by Gasteiger charge is -2.33. The molecule has 6 aromatic rings. The molecule has 0 heterocycles. The summed E-state index contributed by atoms with van der Waals surface area (Å²) in [5.74, 6) is 0.200. The molecule has 0 nitrogen and oxygen atoms in total. The number of allylic oxidation sites excluding steroid dienone is 3. The van der Waals surface area contributed by atoms with Crippen LogP contribution in [0, 0.1) is 5.82 Å². The Balaban J connectivity index is 1.45. The Morgan fingerprint density at radius 1 is 0.622 bits per heavy atom. The van der Waals surface area contributed by atoms with Gasteiger partial charge >= 0.3 is 0 Å². The molecule has 2 aliphatic rings. The van der Waals surface area contributed by atoms with Crippen molar-refractivity contribution in [3.8, 4) is 22.3 Å². The first-order chi connectivity index (χ1) is 21.9. The second-order valence-corrected chi connectivity index (χ2v) is 13.7. The molecule has 0 amide bonds. The van der Waals surface area contributed by atoms with Crippen molar-refractivity contribution >= 4 is 33.2 Å². The summed E-state index contributed by atoms with van der Waals surface area (Å²) in [6.45, 7) is 6.76. The van der Waals surface area contributed by atoms with Crippen LogP contribution in [0.4, 0.5) is 4.39 Å². The van der Waals surface area contributed by atoms with Crippen molar-refractivity contribution in [1.29, 1.82) is 0 Å². The molecule has 220 valence electrons. The number of benzene rings is 6. The Morgan fingerprint density at radius 3 is 2.02 bits per heavy atom. The molecule has 0 radical (unpaired) electrons. The summed E-state index contributed by atoms with van der Waals surface area (Å²) in [6, 6.07) is 40.7. The van der Waals surface area contributed by atoms with Gasteiger partial charge in [-0.3, -0.25) is 0 Å². The lowest BCUT2D eigenvalue weighted by Crippen LogP contribution is -2.14. The third-order valence-electron chi connectivity index (χ3n) is 9.93. The Labute approximate surface area is 265 Å². The molecule has 0 aliphatic heterocycles. The summed E-state index contributed by atoms with van der Waals surface area (Å²) in [5.41, 5.74) is 12.9. The number of fused-ring (bicyclic) bond motifs is 5. The van der Waals surface area contributed by atoms with E-state index in [-0.39, 0.29) is 11.2 Å². The van der Waals surface area contributed by atoms with Crippen molar-refractivity contribution < 1.29 is 4.39 Å². The quantitative estimate of drug-likeness (QED) is 0.182. The van der Waals surface area contributed by atoms with Crippen molar-refractivity contribution in [2.45, 2.75) is 51.4 Å². The fourth-order valence-electron chi connectivity index (χ4n) is 7.65. The van der Waals surface area contributed by atoms with Crippen LogP contribution >= 0.6 is 0 Å². The van der Waals surface area contributed by atoms with Crippen molar-refractivity contribution in [3.05, 3.63) is 155 Å². The molecule has 6 aromatic carbocycles. The second kappa shape index (κ2) is 10.7. The van der Waals surface area contributed by atoms with Crippen LogP contribution in [-0.4, -0.2) is 0 Å². The highest BCUT2D eigenvalue weighted by molar-refractivity contribution is 6.22. The topological polar surface area (TPSA) is 0 Å². The monoisotopic (exact) mass is 584 g/mol. The van der Waals surface area contributed by atoms with Gasteiger partial charge in [0.15, 0.2) is 0 Å². The van der Waals surface area contributed by atoms with Gasteiger partial charge in [-0.15, -0.1) is 0 Å². The van der Waals surface area contributed by atoms with Gasteiger partial charge in [0.1, 0.15) is 5.82 Å². The van der Waals surface area contributed by atoms with Crippen LogP contribution in [0.1, 0.15) is 68.2 Å². The summed E-state index contributed by atoms with van der Waals surface area (Å²) in [7, 11) is 0. The standard InChI is InChI=1S/C44H37F/c1-44(2,3)32-21-16-28(17-22-32)30-20-25-39-41(26-30)42(29-18-23-33(45)24-19-29)37-14-8-9-15-38(37)43(39)40-27-31-10-4-5-11-34(31)35-12-6-7-13-36(35)40/h4-5,8-11,13-27,35H,6-7,12H2,1-3H3. The zero-order valence-corrected chi connectivity index (χ0v) is 26.2. The second-order valence-electron chi connectivity index (χ2n) is 13.7. The van der Waals surface area contributed by atoms with Gasteiger partial charge in [0, 0.05) is 5.92 Å². The van der Waals surface area contributed by atoms with Gasteiger partial charge in [-0.25, -0.2) is 4.39 Å². The third-order valence-corrected chi connectivity index (χ3v) is 9.93. The van der Waals surface area contributed by atoms with E-state index in [0.29, 0.717) is 5.92 Å². The average Bonchev–Trinajstić information content (AvgIpc) is 3.07. The minimum absolute atomic E-state index is 0.101. The van der Waals surface area contributed by atoms with E-state index in [2.05, 4.69) is 124 Å². The Morgan fingerprint density at radius 2 is 1.27 bits per heavy atom. The van der Waals surface area contributed by atoms with Gasteiger partial charge in [0.2, 0.25) is 0 Å². The molecule has 0 fully saturated rings. The molecule has 1 atom stereocenters. The maximum Gasteiger partial charge on any atom is 0.123 e. The average molecular weight is 585 g/mol. The molecule has 0 N–H and O–H groups in total. The van der Waals surface area contributed by atoms with E-state index in [1.807, 2.05) is 12.1 Å². The molecule has 0 saturated heterocycles. The molecule has 0 aromatic heterocycles. The first-order valence-corrected chi connectivity index (χ1v) is 16.2. The highest BCUT2D eigenvalue weighted by Gasteiger charge is 2.30. The van der Waals surface area contributed by atoms with Crippen molar-refractivity contribution in [3.63, 3.8) is 0 Å². The lowest BCUT2D eigenvalue weighted by atomic mass is 9.71. The summed E-state index contributed by atoms with van der Waals surface area (Å²) >= 11 is 0. The van der Waals surface area contributed by atoms with Crippen LogP contribution in [0.15, 0.2) is 127 Å². The van der Waals surface area contributed by atoms with Crippen LogP contribution in [0.2, 0.25) is 0 Å². The van der Waals surface area contributed by atoms with Crippen LogP contribution in [0.3, 0.4) is 0 Å². The fourth-order valence-corrected chi connectivity index (χ4v) is 7.65. The molecular formula is C44H37F. The minimum atomic E-state index is -0.218. The van der Waals surface area contributed by atoms with Crippen molar-refractivity contribution in [2.75, 3.05) is 0 Å². The molecule has 1 unspecified atom stereocenters. The van der Waals surface area contributed by atoms with E-state index >= 15 is 0 Å². The minimum Gasteiger partial charge on any atom is -0.207 e. The molecular weight excluding hydrogens is 547 g/mol.